The van der Waals surface area contributed by atoms with E-state index in [0.717, 1.165) is 33.5 Å². The Labute approximate surface area is 215 Å². The lowest BCUT2D eigenvalue weighted by Crippen LogP contribution is -2.48. The molecule has 3 heterocycles. The summed E-state index contributed by atoms with van der Waals surface area (Å²) in [4.78, 5) is 33.8. The number of benzene rings is 2. The third-order valence-corrected chi connectivity index (χ3v) is 6.53. The van der Waals surface area contributed by atoms with Crippen molar-refractivity contribution in [2.75, 3.05) is 50.6 Å². The molecule has 0 spiro atoms. The summed E-state index contributed by atoms with van der Waals surface area (Å²) in [6.45, 7) is 6.35. The number of aromatic nitrogens is 4. The van der Waals surface area contributed by atoms with Gasteiger partial charge in [-0.15, -0.1) is 0 Å². The van der Waals surface area contributed by atoms with Gasteiger partial charge in [-0.3, -0.25) is 14.8 Å². The monoisotopic (exact) mass is 499 g/mol. The van der Waals surface area contributed by atoms with Gasteiger partial charge >= 0.3 is 0 Å². The molecule has 2 aromatic heterocycles. The number of anilines is 3. The Morgan fingerprint density at radius 1 is 0.919 bits per heavy atom. The van der Waals surface area contributed by atoms with Crippen LogP contribution in [0.1, 0.15) is 12.5 Å². The Kier molecular flexibility index (Phi) is 6.72. The van der Waals surface area contributed by atoms with Crippen molar-refractivity contribution in [3.63, 3.8) is 0 Å². The van der Waals surface area contributed by atoms with Crippen LogP contribution < -0.4 is 19.7 Å². The van der Waals surface area contributed by atoms with Gasteiger partial charge in [0.25, 0.3) is 0 Å². The van der Waals surface area contributed by atoms with Gasteiger partial charge in [-0.2, -0.15) is 0 Å². The van der Waals surface area contributed by atoms with Crippen LogP contribution in [0.5, 0.6) is 11.5 Å². The molecule has 1 aliphatic heterocycles. The van der Waals surface area contributed by atoms with Crippen molar-refractivity contribution in [3.05, 3.63) is 54.5 Å². The Bertz CT molecular complexity index is 1450. The molecule has 1 aliphatic rings. The summed E-state index contributed by atoms with van der Waals surface area (Å²) < 4.78 is 11.4. The lowest BCUT2D eigenvalue weighted by molar-refractivity contribution is -0.129. The zero-order valence-corrected chi connectivity index (χ0v) is 21.4. The van der Waals surface area contributed by atoms with Crippen LogP contribution in [0.15, 0.2) is 48.9 Å². The van der Waals surface area contributed by atoms with Gasteiger partial charge in [0.15, 0.2) is 0 Å². The highest BCUT2D eigenvalue weighted by Gasteiger charge is 2.23. The molecule has 190 valence electrons. The van der Waals surface area contributed by atoms with Crippen molar-refractivity contribution in [1.29, 1.82) is 0 Å². The highest BCUT2D eigenvalue weighted by atomic mass is 16.5. The predicted molar refractivity (Wildman–Crippen MR) is 143 cm³/mol. The second-order valence-corrected chi connectivity index (χ2v) is 8.83. The van der Waals surface area contributed by atoms with E-state index >= 15 is 0 Å². The molecule has 0 unspecified atom stereocenters. The smallest absolute Gasteiger partial charge is 0.227 e. The van der Waals surface area contributed by atoms with Crippen LogP contribution in [0.3, 0.4) is 0 Å². The van der Waals surface area contributed by atoms with E-state index in [1.54, 1.807) is 39.7 Å². The molecule has 0 radical (unpaired) electrons. The molecule has 10 nitrogen and oxygen atoms in total. The summed E-state index contributed by atoms with van der Waals surface area (Å²) in [7, 11) is 3.27. The first kappa shape index (κ1) is 24.2. The molecule has 0 atom stereocenters. The predicted octanol–water partition coefficient (Wildman–Crippen LogP) is 3.82. The SMILES string of the molecule is COc1cc(N2CCN(C(C)=O)CC2)c(OC)cc1Nc1ncc(C)c(-c2ccc3nccnc3c2)n1. The highest BCUT2D eigenvalue weighted by molar-refractivity contribution is 5.81. The molecule has 2 aromatic carbocycles. The zero-order chi connectivity index (χ0) is 25.9. The molecule has 10 heteroatoms. The van der Waals surface area contributed by atoms with E-state index in [-0.39, 0.29) is 5.91 Å². The number of rotatable bonds is 6. The standard InChI is InChI=1S/C27H29N7O3/c1-17-16-30-27(32-26(17)19-5-6-20-21(13-19)29-8-7-28-20)31-22-14-25(37-4)23(15-24(22)36-3)34-11-9-33(10-12-34)18(2)35/h5-8,13-16H,9-12H2,1-4H3,(H,30,31,32). The summed E-state index contributed by atoms with van der Waals surface area (Å²) in [5, 5.41) is 3.30. The Balaban J connectivity index is 1.44. The van der Waals surface area contributed by atoms with E-state index in [9.17, 15) is 4.79 Å². The molecule has 4 aromatic rings. The fourth-order valence-electron chi connectivity index (χ4n) is 4.51. The van der Waals surface area contributed by atoms with E-state index in [1.807, 2.05) is 42.2 Å². The van der Waals surface area contributed by atoms with Crippen LogP contribution in [0, 0.1) is 6.92 Å². The first-order valence-electron chi connectivity index (χ1n) is 12.0. The third-order valence-electron chi connectivity index (χ3n) is 6.53. The van der Waals surface area contributed by atoms with Gasteiger partial charge in [-0.25, -0.2) is 9.97 Å². The summed E-state index contributed by atoms with van der Waals surface area (Å²) in [5.74, 6) is 1.86. The minimum atomic E-state index is 0.0952. The number of nitrogens with one attached hydrogen (secondary N) is 1. The maximum Gasteiger partial charge on any atom is 0.227 e. The number of aryl methyl sites for hydroxylation is 1. The first-order valence-corrected chi connectivity index (χ1v) is 12.0. The Morgan fingerprint density at radius 2 is 1.65 bits per heavy atom. The van der Waals surface area contributed by atoms with Gasteiger partial charge < -0.3 is 24.6 Å². The van der Waals surface area contributed by atoms with Gasteiger partial charge in [0.2, 0.25) is 11.9 Å². The summed E-state index contributed by atoms with van der Waals surface area (Å²) >= 11 is 0. The minimum absolute atomic E-state index is 0.0952. The molecule has 0 aliphatic carbocycles. The van der Waals surface area contributed by atoms with Crippen LogP contribution in [0.4, 0.5) is 17.3 Å². The number of amides is 1. The van der Waals surface area contributed by atoms with E-state index < -0.39 is 0 Å². The number of ether oxygens (including phenoxy) is 2. The number of hydrogen-bond donors (Lipinski definition) is 1. The van der Waals surface area contributed by atoms with Gasteiger partial charge in [-0.1, -0.05) is 6.07 Å². The van der Waals surface area contributed by atoms with Crippen LogP contribution in [0.25, 0.3) is 22.3 Å². The van der Waals surface area contributed by atoms with E-state index in [0.29, 0.717) is 49.3 Å². The maximum absolute atomic E-state index is 11.7. The molecule has 1 N–H and O–H groups in total. The lowest BCUT2D eigenvalue weighted by Gasteiger charge is -2.36. The normalized spacial score (nSPS) is 13.5. The molecule has 0 bridgehead atoms. The largest absolute Gasteiger partial charge is 0.494 e. The number of methoxy groups -OCH3 is 2. The summed E-state index contributed by atoms with van der Waals surface area (Å²) in [5.41, 5.74) is 5.91. The number of carbonyl (C=O) groups is 1. The topological polar surface area (TPSA) is 106 Å². The quantitative estimate of drug-likeness (QED) is 0.424. The number of piperazine rings is 1. The minimum Gasteiger partial charge on any atom is -0.494 e. The fraction of sp³-hybridized carbons (Fsp3) is 0.296. The molecule has 37 heavy (non-hydrogen) atoms. The number of hydrogen-bond acceptors (Lipinski definition) is 9. The zero-order valence-electron chi connectivity index (χ0n) is 21.4. The molecule has 1 amide bonds. The van der Waals surface area contributed by atoms with E-state index in [2.05, 4.69) is 25.2 Å². The first-order chi connectivity index (χ1) is 18.0. The number of carbonyl (C=O) groups excluding carboxylic acids is 1. The van der Waals surface area contributed by atoms with Crippen molar-refractivity contribution in [1.82, 2.24) is 24.8 Å². The van der Waals surface area contributed by atoms with Crippen LogP contribution >= 0.6 is 0 Å². The van der Waals surface area contributed by atoms with Crippen molar-refractivity contribution in [2.45, 2.75) is 13.8 Å². The highest BCUT2D eigenvalue weighted by Crippen LogP contribution is 2.40. The average molecular weight is 500 g/mol. The second-order valence-electron chi connectivity index (χ2n) is 8.83. The summed E-state index contributed by atoms with van der Waals surface area (Å²) in [6, 6.07) is 9.74. The van der Waals surface area contributed by atoms with Crippen LogP contribution in [0.2, 0.25) is 0 Å². The van der Waals surface area contributed by atoms with Crippen molar-refractivity contribution in [2.24, 2.45) is 0 Å². The van der Waals surface area contributed by atoms with Crippen molar-refractivity contribution in [3.8, 4) is 22.8 Å². The lowest BCUT2D eigenvalue weighted by atomic mass is 10.1. The molecule has 0 saturated carbocycles. The van der Waals surface area contributed by atoms with Gasteiger partial charge in [0, 0.05) is 69.4 Å². The molecular weight excluding hydrogens is 470 g/mol. The van der Waals surface area contributed by atoms with Gasteiger partial charge in [0.05, 0.1) is 42.3 Å². The fourth-order valence-corrected chi connectivity index (χ4v) is 4.51. The number of fused-ring (bicyclic) bond motifs is 1. The average Bonchev–Trinajstić information content (AvgIpc) is 2.93. The van der Waals surface area contributed by atoms with Crippen LogP contribution in [-0.4, -0.2) is 71.1 Å². The Hall–Kier alpha value is -4.47. The molecule has 1 fully saturated rings. The van der Waals surface area contributed by atoms with Crippen molar-refractivity contribution >= 4 is 34.3 Å². The molecule has 1 saturated heterocycles. The van der Waals surface area contributed by atoms with Gasteiger partial charge in [-0.05, 0) is 24.6 Å². The van der Waals surface area contributed by atoms with Crippen LogP contribution in [-0.2, 0) is 4.79 Å². The van der Waals surface area contributed by atoms with E-state index in [4.69, 9.17) is 14.5 Å². The molecular formula is C27H29N7O3. The second kappa shape index (κ2) is 10.3. The van der Waals surface area contributed by atoms with E-state index in [1.165, 1.54) is 0 Å². The van der Waals surface area contributed by atoms with Crippen molar-refractivity contribution < 1.29 is 14.3 Å². The molecule has 5 rings (SSSR count). The Morgan fingerprint density at radius 3 is 2.35 bits per heavy atom. The summed E-state index contributed by atoms with van der Waals surface area (Å²) in [6.07, 6.45) is 5.15. The maximum atomic E-state index is 11.7. The number of nitrogens with zero attached hydrogens (tertiary/aromatic N) is 6. The van der Waals surface area contributed by atoms with Gasteiger partial charge in [0.1, 0.15) is 11.5 Å². The third kappa shape index (κ3) is 4.95.